The molecule has 6 nitrogen and oxygen atoms in total. The van der Waals surface area contributed by atoms with Gasteiger partial charge in [-0.1, -0.05) is 18.2 Å². The summed E-state index contributed by atoms with van der Waals surface area (Å²) in [6, 6.07) is 6.01. The summed E-state index contributed by atoms with van der Waals surface area (Å²) in [6.07, 6.45) is -0.201. The topological polar surface area (TPSA) is 97.5 Å². The molecule has 0 amide bonds. The zero-order valence-corrected chi connectivity index (χ0v) is 9.68. The number of carbonyl (C=O) groups is 1. The average Bonchev–Trinajstić information content (AvgIpc) is 2.27. The molecule has 0 aliphatic rings. The van der Waals surface area contributed by atoms with Crippen LogP contribution in [0, 0.1) is 10.1 Å². The molecule has 0 saturated carbocycles. The number of benzene rings is 1. The van der Waals surface area contributed by atoms with Gasteiger partial charge in [-0.05, 0) is 0 Å². The smallest absolute Gasteiger partial charge is 0.304 e. The van der Waals surface area contributed by atoms with Gasteiger partial charge in [-0.25, -0.2) is 0 Å². The number of carboxylic acid groups (broad SMARTS) is 1. The van der Waals surface area contributed by atoms with Crippen molar-refractivity contribution in [2.75, 3.05) is 5.75 Å². The Labute approximate surface area is 99.9 Å². The molecule has 0 aromatic heterocycles. The van der Waals surface area contributed by atoms with E-state index < -0.39 is 21.7 Å². The Bertz CT molecular complexity index is 460. The highest BCUT2D eigenvalue weighted by Gasteiger charge is 2.15. The number of nitro benzene ring substituents is 1. The summed E-state index contributed by atoms with van der Waals surface area (Å²) in [5.41, 5.74) is 0.275. The number of hydrogen-bond acceptors (Lipinski definition) is 4. The fourth-order valence-electron chi connectivity index (χ4n) is 1.26. The second-order valence-corrected chi connectivity index (χ2v) is 4.89. The summed E-state index contributed by atoms with van der Waals surface area (Å²) in [6.45, 7) is 0. The molecular formula is C10H11NO5S. The summed E-state index contributed by atoms with van der Waals surface area (Å²) in [4.78, 5) is 20.4. The first-order chi connectivity index (χ1) is 8.00. The van der Waals surface area contributed by atoms with Crippen LogP contribution in [-0.4, -0.2) is 26.0 Å². The lowest BCUT2D eigenvalue weighted by atomic mass is 10.2. The highest BCUT2D eigenvalue weighted by molar-refractivity contribution is 7.84. The Kier molecular flexibility index (Phi) is 4.77. The highest BCUT2D eigenvalue weighted by atomic mass is 32.2. The number of para-hydroxylation sites is 1. The van der Waals surface area contributed by atoms with E-state index in [1.165, 1.54) is 18.2 Å². The van der Waals surface area contributed by atoms with Gasteiger partial charge in [0.2, 0.25) is 0 Å². The predicted molar refractivity (Wildman–Crippen MR) is 62.1 cm³/mol. The van der Waals surface area contributed by atoms with Crippen molar-refractivity contribution < 1.29 is 19.0 Å². The molecule has 7 heteroatoms. The largest absolute Gasteiger partial charge is 0.481 e. The van der Waals surface area contributed by atoms with Gasteiger partial charge >= 0.3 is 5.97 Å². The van der Waals surface area contributed by atoms with Crippen LogP contribution in [0.1, 0.15) is 12.0 Å². The molecule has 1 rings (SSSR count). The van der Waals surface area contributed by atoms with Crippen LogP contribution in [0.2, 0.25) is 0 Å². The van der Waals surface area contributed by atoms with Crippen molar-refractivity contribution in [3.63, 3.8) is 0 Å². The molecule has 92 valence electrons. The van der Waals surface area contributed by atoms with Crippen LogP contribution in [0.4, 0.5) is 5.69 Å². The molecule has 1 unspecified atom stereocenters. The van der Waals surface area contributed by atoms with Gasteiger partial charge < -0.3 is 5.11 Å². The minimum atomic E-state index is -1.40. The standard InChI is InChI=1S/C10H11NO5S/c12-10(13)5-6-17(16)7-8-3-1-2-4-9(8)11(14)15/h1-4H,5-7H2,(H,12,13). The molecule has 0 fully saturated rings. The van der Waals surface area contributed by atoms with Crippen molar-refractivity contribution in [1.82, 2.24) is 0 Å². The summed E-state index contributed by atoms with van der Waals surface area (Å²) in [7, 11) is -1.40. The summed E-state index contributed by atoms with van der Waals surface area (Å²) in [5, 5.41) is 19.1. The predicted octanol–water partition coefficient (Wildman–Crippen LogP) is 1.32. The Morgan fingerprint density at radius 3 is 2.65 bits per heavy atom. The normalized spacial score (nSPS) is 12.0. The Morgan fingerprint density at radius 1 is 1.41 bits per heavy atom. The first-order valence-corrected chi connectivity index (χ1v) is 6.28. The molecule has 0 bridgehead atoms. The maximum Gasteiger partial charge on any atom is 0.304 e. The molecule has 0 saturated heterocycles. The highest BCUT2D eigenvalue weighted by Crippen LogP contribution is 2.19. The number of aliphatic carboxylic acids is 1. The van der Waals surface area contributed by atoms with Crippen molar-refractivity contribution in [3.8, 4) is 0 Å². The lowest BCUT2D eigenvalue weighted by Gasteiger charge is -2.02. The molecule has 0 radical (unpaired) electrons. The second-order valence-electron chi connectivity index (χ2n) is 3.32. The Morgan fingerprint density at radius 2 is 2.06 bits per heavy atom. The van der Waals surface area contributed by atoms with Gasteiger partial charge in [0.15, 0.2) is 0 Å². The van der Waals surface area contributed by atoms with Gasteiger partial charge in [-0.3, -0.25) is 19.1 Å². The zero-order chi connectivity index (χ0) is 12.8. The quantitative estimate of drug-likeness (QED) is 0.612. The molecule has 1 aromatic carbocycles. The van der Waals surface area contributed by atoms with Gasteiger partial charge in [0, 0.05) is 28.2 Å². The van der Waals surface area contributed by atoms with Gasteiger partial charge in [0.25, 0.3) is 5.69 Å². The summed E-state index contributed by atoms with van der Waals surface area (Å²) < 4.78 is 11.5. The number of nitro groups is 1. The third-order valence-corrected chi connectivity index (χ3v) is 3.34. The summed E-state index contributed by atoms with van der Waals surface area (Å²) in [5.74, 6) is -1.02. The molecule has 0 aliphatic carbocycles. The van der Waals surface area contributed by atoms with Crippen LogP contribution in [0.25, 0.3) is 0 Å². The second kappa shape index (κ2) is 6.09. The minimum absolute atomic E-state index is 0.00137. The van der Waals surface area contributed by atoms with Gasteiger partial charge in [0.05, 0.1) is 17.1 Å². The molecule has 0 spiro atoms. The number of nitrogens with zero attached hydrogens (tertiary/aromatic N) is 1. The molecule has 0 heterocycles. The van der Waals surface area contributed by atoms with Crippen LogP contribution in [-0.2, 0) is 21.3 Å². The van der Waals surface area contributed by atoms with E-state index in [2.05, 4.69) is 0 Å². The van der Waals surface area contributed by atoms with Crippen molar-refractivity contribution in [2.45, 2.75) is 12.2 Å². The van der Waals surface area contributed by atoms with Gasteiger partial charge in [-0.15, -0.1) is 0 Å². The fraction of sp³-hybridized carbons (Fsp3) is 0.300. The maximum atomic E-state index is 11.5. The molecular weight excluding hydrogens is 246 g/mol. The van der Waals surface area contributed by atoms with Crippen molar-refractivity contribution in [1.29, 1.82) is 0 Å². The van der Waals surface area contributed by atoms with Crippen LogP contribution in [0.3, 0.4) is 0 Å². The number of hydrogen-bond donors (Lipinski definition) is 1. The van der Waals surface area contributed by atoms with E-state index in [9.17, 15) is 19.1 Å². The van der Waals surface area contributed by atoms with E-state index >= 15 is 0 Å². The van der Waals surface area contributed by atoms with E-state index in [-0.39, 0.29) is 23.6 Å². The molecule has 1 atom stereocenters. The number of rotatable bonds is 6. The first-order valence-electron chi connectivity index (χ1n) is 4.79. The minimum Gasteiger partial charge on any atom is -0.481 e. The van der Waals surface area contributed by atoms with E-state index in [0.29, 0.717) is 5.56 Å². The first kappa shape index (κ1) is 13.3. The molecule has 0 aliphatic heterocycles. The van der Waals surface area contributed by atoms with Crippen LogP contribution in [0.5, 0.6) is 0 Å². The van der Waals surface area contributed by atoms with Crippen LogP contribution < -0.4 is 0 Å². The van der Waals surface area contributed by atoms with E-state index in [0.717, 1.165) is 0 Å². The average molecular weight is 257 g/mol. The monoisotopic (exact) mass is 257 g/mol. The van der Waals surface area contributed by atoms with Crippen LogP contribution in [0.15, 0.2) is 24.3 Å². The third-order valence-electron chi connectivity index (χ3n) is 2.05. The lowest BCUT2D eigenvalue weighted by molar-refractivity contribution is -0.385. The molecule has 1 aromatic rings. The molecule has 1 N–H and O–H groups in total. The Hall–Kier alpha value is -1.76. The van der Waals surface area contributed by atoms with E-state index in [1.807, 2.05) is 0 Å². The van der Waals surface area contributed by atoms with Gasteiger partial charge in [0.1, 0.15) is 0 Å². The lowest BCUT2D eigenvalue weighted by Crippen LogP contribution is -2.07. The number of carboxylic acids is 1. The van der Waals surface area contributed by atoms with Gasteiger partial charge in [-0.2, -0.15) is 0 Å². The van der Waals surface area contributed by atoms with Crippen molar-refractivity contribution in [3.05, 3.63) is 39.9 Å². The van der Waals surface area contributed by atoms with Crippen molar-refractivity contribution >= 4 is 22.5 Å². The third kappa shape index (κ3) is 4.31. The van der Waals surface area contributed by atoms with E-state index in [1.54, 1.807) is 6.07 Å². The van der Waals surface area contributed by atoms with Crippen LogP contribution >= 0.6 is 0 Å². The summed E-state index contributed by atoms with van der Waals surface area (Å²) >= 11 is 0. The SMILES string of the molecule is O=C(O)CCS(=O)Cc1ccccc1[N+](=O)[O-]. The maximum absolute atomic E-state index is 11.5. The van der Waals surface area contributed by atoms with Crippen molar-refractivity contribution in [2.24, 2.45) is 0 Å². The fourth-order valence-corrected chi connectivity index (χ4v) is 2.40. The Balaban J connectivity index is 2.71. The van der Waals surface area contributed by atoms with E-state index in [4.69, 9.17) is 5.11 Å². The molecule has 17 heavy (non-hydrogen) atoms. The zero-order valence-electron chi connectivity index (χ0n) is 8.87.